The molecule has 10 nitrogen and oxygen atoms in total. The van der Waals surface area contributed by atoms with Gasteiger partial charge in [0.05, 0.1) is 24.9 Å². The van der Waals surface area contributed by atoms with Gasteiger partial charge in [-0.2, -0.15) is 0 Å². The van der Waals surface area contributed by atoms with Gasteiger partial charge in [0, 0.05) is 44.5 Å². The zero-order valence-corrected chi connectivity index (χ0v) is 28.3. The lowest BCUT2D eigenvalue weighted by Gasteiger charge is -2.38. The molecule has 0 radical (unpaired) electrons. The van der Waals surface area contributed by atoms with Crippen molar-refractivity contribution in [3.63, 3.8) is 0 Å². The quantitative estimate of drug-likeness (QED) is 0.0895. The standard InChI is InChI=1S/C40H46N2O8/c1-42(25-36(45)32-10-6-12-34(44)21-32)24-35-22-37(29-17-15-27(26-43)16-18-29)50-40(49-35)33-11-5-9-31(20-33)30-8-4-7-28(19-30)23-41-38(46)13-2-3-14-39(47)48/h4-12,15-21,35-37,40,43-45H,2-3,13-14,22-26H2,1H3,(H,41,46)(H,47,48)/t35-,36+,37+,40+/m0/s1. The molecule has 0 aromatic heterocycles. The molecule has 0 unspecified atom stereocenters. The number of hydrogen-bond donors (Lipinski definition) is 5. The molecule has 1 fully saturated rings. The highest BCUT2D eigenvalue weighted by molar-refractivity contribution is 5.76. The van der Waals surface area contributed by atoms with E-state index in [2.05, 4.69) is 11.4 Å². The molecule has 264 valence electrons. The van der Waals surface area contributed by atoms with E-state index in [9.17, 15) is 24.9 Å². The predicted octanol–water partition coefficient (Wildman–Crippen LogP) is 6.02. The van der Waals surface area contributed by atoms with Crippen LogP contribution in [-0.2, 0) is 32.2 Å². The first-order valence-electron chi connectivity index (χ1n) is 17.0. The lowest BCUT2D eigenvalue weighted by molar-refractivity contribution is -0.252. The van der Waals surface area contributed by atoms with Crippen LogP contribution in [0.3, 0.4) is 0 Å². The van der Waals surface area contributed by atoms with Crippen molar-refractivity contribution < 1.29 is 39.5 Å². The van der Waals surface area contributed by atoms with E-state index in [-0.39, 0.29) is 43.3 Å². The van der Waals surface area contributed by atoms with Crippen molar-refractivity contribution in [2.45, 2.75) is 69.9 Å². The number of carboxylic acid groups (broad SMARTS) is 1. The van der Waals surface area contributed by atoms with E-state index in [0.29, 0.717) is 44.5 Å². The molecule has 0 spiro atoms. The number of aromatic hydroxyl groups is 1. The number of unbranched alkanes of at least 4 members (excludes halogenated alkanes) is 1. The summed E-state index contributed by atoms with van der Waals surface area (Å²) in [5.74, 6) is -0.853. The van der Waals surface area contributed by atoms with Crippen LogP contribution in [0.25, 0.3) is 11.1 Å². The number of hydrogen-bond acceptors (Lipinski definition) is 8. The van der Waals surface area contributed by atoms with Crippen LogP contribution in [0.1, 0.15) is 78.4 Å². The Bertz CT molecular complexity index is 1710. The molecule has 4 atom stereocenters. The molecule has 0 bridgehead atoms. The van der Waals surface area contributed by atoms with Crippen molar-refractivity contribution in [1.82, 2.24) is 10.2 Å². The van der Waals surface area contributed by atoms with Gasteiger partial charge in [-0.05, 0) is 77.5 Å². The van der Waals surface area contributed by atoms with Gasteiger partial charge < -0.3 is 40.1 Å². The molecule has 4 aromatic carbocycles. The van der Waals surface area contributed by atoms with E-state index in [1.807, 2.05) is 78.7 Å². The van der Waals surface area contributed by atoms with Gasteiger partial charge in [0.25, 0.3) is 0 Å². The van der Waals surface area contributed by atoms with Crippen molar-refractivity contribution in [3.05, 3.63) is 125 Å². The Labute approximate surface area is 292 Å². The van der Waals surface area contributed by atoms with Gasteiger partial charge >= 0.3 is 5.97 Å². The zero-order chi connectivity index (χ0) is 35.5. The monoisotopic (exact) mass is 682 g/mol. The highest BCUT2D eigenvalue weighted by Gasteiger charge is 2.33. The fourth-order valence-corrected chi connectivity index (χ4v) is 6.16. The summed E-state index contributed by atoms with van der Waals surface area (Å²) in [6.45, 7) is 1.21. The molecule has 50 heavy (non-hydrogen) atoms. The van der Waals surface area contributed by atoms with E-state index in [1.54, 1.807) is 24.3 Å². The third-order valence-electron chi connectivity index (χ3n) is 8.82. The average molecular weight is 683 g/mol. The second-order valence-corrected chi connectivity index (χ2v) is 12.9. The summed E-state index contributed by atoms with van der Waals surface area (Å²) >= 11 is 0. The maximum absolute atomic E-state index is 12.3. The summed E-state index contributed by atoms with van der Waals surface area (Å²) in [6.07, 6.45) is 0.00933. The first-order chi connectivity index (χ1) is 24.2. The van der Waals surface area contributed by atoms with Gasteiger partial charge in [0.2, 0.25) is 5.91 Å². The molecule has 0 aliphatic carbocycles. The average Bonchev–Trinajstić information content (AvgIpc) is 3.12. The molecule has 1 aliphatic rings. The molecule has 1 aliphatic heterocycles. The SMILES string of the molecule is CN(C[C@@H]1C[C@H](c2ccc(CO)cc2)O[C@H](c2cccc(-c3cccc(CNC(=O)CCCCC(=O)O)c3)c2)O1)C[C@@H](O)c1cccc(O)c1. The van der Waals surface area contributed by atoms with Crippen LogP contribution >= 0.6 is 0 Å². The summed E-state index contributed by atoms with van der Waals surface area (Å²) in [6, 6.07) is 30.4. The number of nitrogens with zero attached hydrogens (tertiary/aromatic N) is 1. The fraction of sp³-hybridized carbons (Fsp3) is 0.350. The third kappa shape index (κ3) is 10.7. The number of ether oxygens (including phenoxy) is 2. The highest BCUT2D eigenvalue weighted by atomic mass is 16.7. The Hall–Kier alpha value is -4.58. The normalized spacial score (nSPS) is 18.1. The number of likely N-dealkylation sites (N-methyl/N-ethyl adjacent to an activating group) is 1. The minimum Gasteiger partial charge on any atom is -0.508 e. The first kappa shape index (κ1) is 36.7. The van der Waals surface area contributed by atoms with Gasteiger partial charge in [-0.25, -0.2) is 0 Å². The van der Waals surface area contributed by atoms with Gasteiger partial charge in [-0.3, -0.25) is 9.59 Å². The fourth-order valence-electron chi connectivity index (χ4n) is 6.16. The number of carboxylic acids is 1. The second kappa shape index (κ2) is 17.9. The van der Waals surface area contributed by atoms with Crippen LogP contribution in [0.15, 0.2) is 97.1 Å². The molecule has 1 saturated heterocycles. The lowest BCUT2D eigenvalue weighted by Crippen LogP contribution is -2.39. The summed E-state index contributed by atoms with van der Waals surface area (Å²) in [4.78, 5) is 25.0. The Balaban J connectivity index is 1.28. The number of benzene rings is 4. The van der Waals surface area contributed by atoms with Crippen molar-refractivity contribution in [3.8, 4) is 16.9 Å². The summed E-state index contributed by atoms with van der Waals surface area (Å²) in [5, 5.41) is 42.0. The van der Waals surface area contributed by atoms with Crippen LogP contribution in [-0.4, -0.2) is 63.4 Å². The maximum Gasteiger partial charge on any atom is 0.303 e. The third-order valence-corrected chi connectivity index (χ3v) is 8.82. The van der Waals surface area contributed by atoms with E-state index in [1.165, 1.54) is 0 Å². The van der Waals surface area contributed by atoms with Gasteiger partial charge in [0.1, 0.15) is 5.75 Å². The van der Waals surface area contributed by atoms with Crippen LogP contribution in [0.2, 0.25) is 0 Å². The van der Waals surface area contributed by atoms with E-state index >= 15 is 0 Å². The van der Waals surface area contributed by atoms with Crippen molar-refractivity contribution in [2.24, 2.45) is 0 Å². The molecule has 5 rings (SSSR count). The highest BCUT2D eigenvalue weighted by Crippen LogP contribution is 2.39. The summed E-state index contributed by atoms with van der Waals surface area (Å²) < 4.78 is 13.2. The minimum atomic E-state index is -0.855. The second-order valence-electron chi connectivity index (χ2n) is 12.9. The van der Waals surface area contributed by atoms with Gasteiger partial charge in [-0.15, -0.1) is 0 Å². The van der Waals surface area contributed by atoms with E-state index in [4.69, 9.17) is 14.6 Å². The smallest absolute Gasteiger partial charge is 0.303 e. The Morgan fingerprint density at radius 3 is 2.32 bits per heavy atom. The van der Waals surface area contributed by atoms with Gasteiger partial charge in [0.15, 0.2) is 6.29 Å². The number of aliphatic hydroxyl groups excluding tert-OH is 2. The number of amides is 1. The summed E-state index contributed by atoms with van der Waals surface area (Å²) in [5.41, 5.74) is 6.18. The Morgan fingerprint density at radius 2 is 1.58 bits per heavy atom. The molecule has 10 heteroatoms. The zero-order valence-electron chi connectivity index (χ0n) is 28.3. The molecule has 1 heterocycles. The molecule has 4 aromatic rings. The van der Waals surface area contributed by atoms with Crippen LogP contribution in [0, 0.1) is 0 Å². The lowest BCUT2D eigenvalue weighted by atomic mass is 9.98. The maximum atomic E-state index is 12.3. The topological polar surface area (TPSA) is 149 Å². The van der Waals surface area contributed by atoms with Crippen molar-refractivity contribution in [1.29, 1.82) is 0 Å². The number of rotatable bonds is 16. The minimum absolute atomic E-state index is 0.0402. The molecular weight excluding hydrogens is 636 g/mol. The molecule has 5 N–H and O–H groups in total. The summed E-state index contributed by atoms with van der Waals surface area (Å²) in [7, 11) is 1.93. The van der Waals surface area contributed by atoms with E-state index < -0.39 is 18.4 Å². The number of phenols is 1. The van der Waals surface area contributed by atoms with E-state index in [0.717, 1.165) is 33.4 Å². The van der Waals surface area contributed by atoms with Gasteiger partial charge in [-0.1, -0.05) is 72.8 Å². The Morgan fingerprint density at radius 1 is 0.860 bits per heavy atom. The number of nitrogens with one attached hydrogen (secondary N) is 1. The largest absolute Gasteiger partial charge is 0.508 e. The van der Waals surface area contributed by atoms with Crippen molar-refractivity contribution >= 4 is 11.9 Å². The number of carbonyl (C=O) groups excluding carboxylic acids is 1. The number of carbonyl (C=O) groups is 2. The predicted molar refractivity (Wildman–Crippen MR) is 189 cm³/mol. The molecule has 1 amide bonds. The van der Waals surface area contributed by atoms with Crippen molar-refractivity contribution in [2.75, 3.05) is 20.1 Å². The van der Waals surface area contributed by atoms with Crippen LogP contribution < -0.4 is 5.32 Å². The number of aliphatic hydroxyl groups is 2. The first-order valence-corrected chi connectivity index (χ1v) is 17.0. The number of aliphatic carboxylic acids is 1. The number of phenolic OH excluding ortho intramolecular Hbond substituents is 1. The molecular formula is C40H46N2O8. The molecule has 0 saturated carbocycles. The van der Waals surface area contributed by atoms with Crippen LogP contribution in [0.4, 0.5) is 0 Å². The Kier molecular flexibility index (Phi) is 13.1. The van der Waals surface area contributed by atoms with Crippen LogP contribution in [0.5, 0.6) is 5.75 Å².